The Kier molecular flexibility index (Phi) is 4.56. The van der Waals surface area contributed by atoms with E-state index in [0.717, 1.165) is 12.1 Å². The summed E-state index contributed by atoms with van der Waals surface area (Å²) in [5, 5.41) is 13.5. The molecule has 0 saturated carbocycles. The number of rotatable bonds is 6. The minimum absolute atomic E-state index is 0.273. The number of aliphatic hydroxyl groups excluding tert-OH is 1. The standard InChI is InChI=1S/C15H20N2O/c1-12(17-11-13-7-8-16-10-13)9-15(18)14-5-3-2-4-6-14/h2-8,10,12,15-18H,9,11H2,1H3. The Labute approximate surface area is 108 Å². The summed E-state index contributed by atoms with van der Waals surface area (Å²) in [5.41, 5.74) is 2.21. The second-order valence-corrected chi connectivity index (χ2v) is 4.66. The second kappa shape index (κ2) is 6.38. The molecule has 2 atom stereocenters. The van der Waals surface area contributed by atoms with Gasteiger partial charge in [-0.2, -0.15) is 0 Å². The lowest BCUT2D eigenvalue weighted by atomic mass is 10.0. The zero-order valence-corrected chi connectivity index (χ0v) is 10.6. The first kappa shape index (κ1) is 12.9. The van der Waals surface area contributed by atoms with E-state index in [-0.39, 0.29) is 6.04 Å². The first-order valence-corrected chi connectivity index (χ1v) is 6.34. The topological polar surface area (TPSA) is 48.0 Å². The molecule has 18 heavy (non-hydrogen) atoms. The minimum atomic E-state index is -0.403. The molecule has 1 aromatic heterocycles. The molecule has 0 bridgehead atoms. The van der Waals surface area contributed by atoms with E-state index in [1.165, 1.54) is 5.56 Å². The van der Waals surface area contributed by atoms with E-state index in [2.05, 4.69) is 17.2 Å². The molecule has 0 saturated heterocycles. The van der Waals surface area contributed by atoms with Crippen LogP contribution in [0.4, 0.5) is 0 Å². The SMILES string of the molecule is CC(CC(O)c1ccccc1)NCc1cc[nH]c1. The van der Waals surface area contributed by atoms with Gasteiger partial charge in [-0.3, -0.25) is 0 Å². The molecule has 0 spiro atoms. The Hall–Kier alpha value is -1.58. The lowest BCUT2D eigenvalue weighted by Crippen LogP contribution is -2.27. The smallest absolute Gasteiger partial charge is 0.0804 e. The van der Waals surface area contributed by atoms with E-state index in [0.29, 0.717) is 6.42 Å². The number of H-pyrrole nitrogens is 1. The van der Waals surface area contributed by atoms with Gasteiger partial charge in [0.25, 0.3) is 0 Å². The molecule has 3 nitrogen and oxygen atoms in total. The van der Waals surface area contributed by atoms with Gasteiger partial charge in [0.15, 0.2) is 0 Å². The van der Waals surface area contributed by atoms with Gasteiger partial charge in [-0.05, 0) is 30.5 Å². The van der Waals surface area contributed by atoms with E-state index in [4.69, 9.17) is 0 Å². The van der Waals surface area contributed by atoms with Crippen molar-refractivity contribution in [3.8, 4) is 0 Å². The highest BCUT2D eigenvalue weighted by atomic mass is 16.3. The fraction of sp³-hybridized carbons (Fsp3) is 0.333. The fourth-order valence-corrected chi connectivity index (χ4v) is 1.99. The number of benzene rings is 1. The van der Waals surface area contributed by atoms with Gasteiger partial charge in [-0.1, -0.05) is 30.3 Å². The van der Waals surface area contributed by atoms with Crippen molar-refractivity contribution in [2.45, 2.75) is 32.0 Å². The Morgan fingerprint density at radius 3 is 2.67 bits per heavy atom. The molecule has 0 fully saturated rings. The molecule has 0 radical (unpaired) electrons. The number of nitrogens with one attached hydrogen (secondary N) is 2. The zero-order valence-electron chi connectivity index (χ0n) is 10.6. The minimum Gasteiger partial charge on any atom is -0.388 e. The first-order chi connectivity index (χ1) is 8.75. The van der Waals surface area contributed by atoms with Crippen LogP contribution in [-0.2, 0) is 6.54 Å². The van der Waals surface area contributed by atoms with Crippen LogP contribution in [0.25, 0.3) is 0 Å². The summed E-state index contributed by atoms with van der Waals surface area (Å²) in [5.74, 6) is 0. The molecule has 2 unspecified atom stereocenters. The second-order valence-electron chi connectivity index (χ2n) is 4.66. The lowest BCUT2D eigenvalue weighted by Gasteiger charge is -2.18. The van der Waals surface area contributed by atoms with Crippen LogP contribution in [0.2, 0.25) is 0 Å². The van der Waals surface area contributed by atoms with Crippen molar-refractivity contribution in [3.05, 3.63) is 59.9 Å². The van der Waals surface area contributed by atoms with Crippen molar-refractivity contribution < 1.29 is 5.11 Å². The van der Waals surface area contributed by atoms with Crippen molar-refractivity contribution in [1.29, 1.82) is 0 Å². The summed E-state index contributed by atoms with van der Waals surface area (Å²) in [4.78, 5) is 3.03. The van der Waals surface area contributed by atoms with Gasteiger partial charge in [0, 0.05) is 25.0 Å². The van der Waals surface area contributed by atoms with Gasteiger partial charge in [-0.25, -0.2) is 0 Å². The molecule has 0 aliphatic carbocycles. The summed E-state index contributed by atoms with van der Waals surface area (Å²) in [6, 6.07) is 12.1. The molecule has 3 N–H and O–H groups in total. The predicted molar refractivity (Wildman–Crippen MR) is 73.1 cm³/mol. The normalized spacial score (nSPS) is 14.3. The van der Waals surface area contributed by atoms with Crippen LogP contribution >= 0.6 is 0 Å². The zero-order chi connectivity index (χ0) is 12.8. The van der Waals surface area contributed by atoms with Crippen LogP contribution in [0.15, 0.2) is 48.8 Å². The van der Waals surface area contributed by atoms with Gasteiger partial charge in [0.1, 0.15) is 0 Å². The van der Waals surface area contributed by atoms with E-state index in [1.807, 2.05) is 48.8 Å². The lowest BCUT2D eigenvalue weighted by molar-refractivity contribution is 0.154. The molecular formula is C15H20N2O. The van der Waals surface area contributed by atoms with E-state index < -0.39 is 6.10 Å². The number of aromatic nitrogens is 1. The van der Waals surface area contributed by atoms with E-state index in [1.54, 1.807) is 0 Å². The van der Waals surface area contributed by atoms with Gasteiger partial charge < -0.3 is 15.4 Å². The molecule has 3 heteroatoms. The van der Waals surface area contributed by atoms with Gasteiger partial charge in [0.05, 0.1) is 6.10 Å². The molecule has 0 amide bonds. The molecule has 0 aliphatic heterocycles. The van der Waals surface area contributed by atoms with Crippen LogP contribution in [0.3, 0.4) is 0 Å². The summed E-state index contributed by atoms with van der Waals surface area (Å²) in [7, 11) is 0. The first-order valence-electron chi connectivity index (χ1n) is 6.34. The van der Waals surface area contributed by atoms with Crippen LogP contribution in [0, 0.1) is 0 Å². The maximum atomic E-state index is 10.1. The molecule has 96 valence electrons. The number of aromatic amines is 1. The van der Waals surface area contributed by atoms with Gasteiger partial charge in [0.2, 0.25) is 0 Å². The fourth-order valence-electron chi connectivity index (χ4n) is 1.99. The van der Waals surface area contributed by atoms with Crippen LogP contribution in [0.1, 0.15) is 30.6 Å². The van der Waals surface area contributed by atoms with E-state index in [9.17, 15) is 5.11 Å². The van der Waals surface area contributed by atoms with Crippen molar-refractivity contribution in [2.75, 3.05) is 0 Å². The monoisotopic (exact) mass is 244 g/mol. The maximum absolute atomic E-state index is 10.1. The third-order valence-corrected chi connectivity index (χ3v) is 3.08. The Balaban J connectivity index is 1.78. The van der Waals surface area contributed by atoms with Gasteiger partial charge >= 0.3 is 0 Å². The summed E-state index contributed by atoms with van der Waals surface area (Å²) in [6.07, 6.45) is 4.21. The van der Waals surface area contributed by atoms with Crippen molar-refractivity contribution in [1.82, 2.24) is 10.3 Å². The summed E-state index contributed by atoms with van der Waals surface area (Å²) < 4.78 is 0. The number of hydrogen-bond donors (Lipinski definition) is 3. The van der Waals surface area contributed by atoms with Gasteiger partial charge in [-0.15, -0.1) is 0 Å². The Morgan fingerprint density at radius 1 is 1.22 bits per heavy atom. The van der Waals surface area contributed by atoms with E-state index >= 15 is 0 Å². The quantitative estimate of drug-likeness (QED) is 0.731. The van der Waals surface area contributed by atoms with Crippen molar-refractivity contribution in [2.24, 2.45) is 0 Å². The largest absolute Gasteiger partial charge is 0.388 e. The summed E-state index contributed by atoms with van der Waals surface area (Å²) >= 11 is 0. The Bertz CT molecular complexity index is 439. The average molecular weight is 244 g/mol. The third kappa shape index (κ3) is 3.72. The van der Waals surface area contributed by atoms with Crippen molar-refractivity contribution >= 4 is 0 Å². The molecule has 2 aromatic rings. The molecule has 1 aromatic carbocycles. The third-order valence-electron chi connectivity index (χ3n) is 3.08. The van der Waals surface area contributed by atoms with Crippen LogP contribution < -0.4 is 5.32 Å². The molecular weight excluding hydrogens is 224 g/mol. The Morgan fingerprint density at radius 2 is 2.00 bits per heavy atom. The molecule has 2 rings (SSSR count). The highest BCUT2D eigenvalue weighted by Crippen LogP contribution is 2.17. The highest BCUT2D eigenvalue weighted by Gasteiger charge is 2.11. The number of hydrogen-bond acceptors (Lipinski definition) is 2. The van der Waals surface area contributed by atoms with Crippen LogP contribution in [0.5, 0.6) is 0 Å². The maximum Gasteiger partial charge on any atom is 0.0804 e. The molecule has 0 aliphatic rings. The average Bonchev–Trinajstić information content (AvgIpc) is 2.90. The highest BCUT2D eigenvalue weighted by molar-refractivity contribution is 5.17. The summed E-state index contributed by atoms with van der Waals surface area (Å²) in [6.45, 7) is 2.92. The molecule has 1 heterocycles. The van der Waals surface area contributed by atoms with Crippen molar-refractivity contribution in [3.63, 3.8) is 0 Å². The number of aliphatic hydroxyl groups is 1. The van der Waals surface area contributed by atoms with Crippen LogP contribution in [-0.4, -0.2) is 16.1 Å². The predicted octanol–water partition coefficient (Wildman–Crippen LogP) is 2.62.